The molecule has 2 aliphatic carbocycles. The van der Waals surface area contributed by atoms with Crippen LogP contribution in [0, 0.1) is 11.8 Å². The lowest BCUT2D eigenvalue weighted by atomic mass is 10.0. The third-order valence-corrected chi connectivity index (χ3v) is 11.2. The SMILES string of the molecule is C=C[C@@H]1C[C@]1(NC(=O)[C@@H]1C[C@@H](Oc2cc(-c3ccccc3)nc3cc(OC)ccc23)CN1C(=O)C(O)CC(C)C)C(=O)NS(=O)(=O)C1CC1. The number of amides is 3. The lowest BCUT2D eigenvalue weighted by Gasteiger charge is -2.28. The zero-order valence-corrected chi connectivity index (χ0v) is 28.6. The fraction of sp³-hybridized carbons (Fsp3) is 0.444. The van der Waals surface area contributed by atoms with Crippen LogP contribution in [-0.4, -0.2) is 83.8 Å². The Hall–Kier alpha value is -4.49. The van der Waals surface area contributed by atoms with E-state index < -0.39 is 62.7 Å². The summed E-state index contributed by atoms with van der Waals surface area (Å²) in [6, 6.07) is 15.7. The Morgan fingerprint density at radius 2 is 1.88 bits per heavy atom. The van der Waals surface area contributed by atoms with Crippen molar-refractivity contribution in [3.63, 3.8) is 0 Å². The Morgan fingerprint density at radius 3 is 2.51 bits per heavy atom. The quantitative estimate of drug-likeness (QED) is 0.228. The maximum Gasteiger partial charge on any atom is 0.259 e. The zero-order chi connectivity index (χ0) is 35.1. The zero-order valence-electron chi connectivity index (χ0n) is 27.8. The molecule has 1 aromatic heterocycles. The van der Waals surface area contributed by atoms with Gasteiger partial charge in [-0.3, -0.25) is 19.1 Å². The first-order valence-corrected chi connectivity index (χ1v) is 18.1. The van der Waals surface area contributed by atoms with Gasteiger partial charge in [-0.2, -0.15) is 0 Å². The van der Waals surface area contributed by atoms with Gasteiger partial charge in [-0.15, -0.1) is 6.58 Å². The van der Waals surface area contributed by atoms with E-state index in [0.29, 0.717) is 40.9 Å². The highest BCUT2D eigenvalue weighted by Gasteiger charge is 2.62. The minimum Gasteiger partial charge on any atom is -0.497 e. The molecule has 1 unspecified atom stereocenters. The second-order valence-corrected chi connectivity index (χ2v) is 15.5. The average molecular weight is 691 g/mol. The first-order valence-electron chi connectivity index (χ1n) is 16.5. The lowest BCUT2D eigenvalue weighted by Crippen LogP contribution is -2.57. The molecule has 6 rings (SSSR count). The highest BCUT2D eigenvalue weighted by molar-refractivity contribution is 7.91. The van der Waals surface area contributed by atoms with E-state index in [1.54, 1.807) is 19.2 Å². The summed E-state index contributed by atoms with van der Waals surface area (Å²) < 4.78 is 39.3. The summed E-state index contributed by atoms with van der Waals surface area (Å²) in [5.74, 6) is -1.47. The van der Waals surface area contributed by atoms with E-state index >= 15 is 0 Å². The summed E-state index contributed by atoms with van der Waals surface area (Å²) in [7, 11) is -2.30. The molecule has 2 heterocycles. The molecule has 3 amide bonds. The van der Waals surface area contributed by atoms with Crippen LogP contribution < -0.4 is 19.5 Å². The molecule has 3 aromatic rings. The number of methoxy groups -OCH3 is 1. The number of ether oxygens (including phenoxy) is 2. The number of nitrogens with one attached hydrogen (secondary N) is 2. The second kappa shape index (κ2) is 13.4. The van der Waals surface area contributed by atoms with Crippen LogP contribution in [0.2, 0.25) is 0 Å². The minimum atomic E-state index is -3.87. The molecule has 3 fully saturated rings. The minimum absolute atomic E-state index is 0.00708. The van der Waals surface area contributed by atoms with Crippen molar-refractivity contribution in [2.75, 3.05) is 13.7 Å². The highest BCUT2D eigenvalue weighted by atomic mass is 32.2. The monoisotopic (exact) mass is 690 g/mol. The van der Waals surface area contributed by atoms with Crippen molar-refractivity contribution in [3.8, 4) is 22.8 Å². The van der Waals surface area contributed by atoms with Gasteiger partial charge in [0.2, 0.25) is 15.9 Å². The Morgan fingerprint density at radius 1 is 1.14 bits per heavy atom. The fourth-order valence-corrected chi connectivity index (χ4v) is 7.83. The van der Waals surface area contributed by atoms with Gasteiger partial charge in [0.05, 0.1) is 30.1 Å². The fourth-order valence-electron chi connectivity index (χ4n) is 6.47. The predicted molar refractivity (Wildman–Crippen MR) is 183 cm³/mol. The van der Waals surface area contributed by atoms with E-state index in [2.05, 4.69) is 16.6 Å². The van der Waals surface area contributed by atoms with E-state index in [0.717, 1.165) is 5.56 Å². The van der Waals surface area contributed by atoms with Crippen molar-refractivity contribution in [2.24, 2.45) is 11.8 Å². The van der Waals surface area contributed by atoms with Gasteiger partial charge in [0.1, 0.15) is 35.3 Å². The summed E-state index contributed by atoms with van der Waals surface area (Å²) >= 11 is 0. The van der Waals surface area contributed by atoms with E-state index in [1.807, 2.05) is 56.3 Å². The number of aliphatic hydroxyl groups excluding tert-OH is 1. The number of benzene rings is 2. The molecule has 13 heteroatoms. The smallest absolute Gasteiger partial charge is 0.259 e. The molecular formula is C36H42N4O8S. The van der Waals surface area contributed by atoms with Crippen LogP contribution in [0.1, 0.15) is 46.0 Å². The highest BCUT2D eigenvalue weighted by Crippen LogP contribution is 2.45. The van der Waals surface area contributed by atoms with Gasteiger partial charge in [-0.05, 0) is 43.7 Å². The van der Waals surface area contributed by atoms with E-state index in [9.17, 15) is 27.9 Å². The predicted octanol–water partition coefficient (Wildman–Crippen LogP) is 3.34. The van der Waals surface area contributed by atoms with Gasteiger partial charge < -0.3 is 24.8 Å². The topological polar surface area (TPSA) is 164 Å². The summed E-state index contributed by atoms with van der Waals surface area (Å²) in [6.45, 7) is 7.51. The molecule has 49 heavy (non-hydrogen) atoms. The Balaban J connectivity index is 1.29. The number of pyridine rings is 1. The van der Waals surface area contributed by atoms with Gasteiger partial charge in [0, 0.05) is 35.4 Å². The Kier molecular flexibility index (Phi) is 9.42. The molecule has 1 aliphatic heterocycles. The molecule has 3 aliphatic rings. The number of nitrogens with zero attached hydrogens (tertiary/aromatic N) is 2. The van der Waals surface area contributed by atoms with Crippen LogP contribution in [0.4, 0.5) is 0 Å². The van der Waals surface area contributed by atoms with Crippen molar-refractivity contribution in [3.05, 3.63) is 67.3 Å². The molecule has 0 spiro atoms. The molecule has 1 saturated heterocycles. The summed E-state index contributed by atoms with van der Waals surface area (Å²) in [4.78, 5) is 47.2. The van der Waals surface area contributed by atoms with Crippen molar-refractivity contribution in [1.29, 1.82) is 0 Å². The van der Waals surface area contributed by atoms with Gasteiger partial charge in [0.25, 0.3) is 11.8 Å². The molecular weight excluding hydrogens is 648 g/mol. The number of hydrogen-bond donors (Lipinski definition) is 3. The van der Waals surface area contributed by atoms with Crippen LogP contribution in [0.3, 0.4) is 0 Å². The number of sulfonamides is 1. The number of hydrogen-bond acceptors (Lipinski definition) is 9. The lowest BCUT2D eigenvalue weighted by molar-refractivity contribution is -0.146. The summed E-state index contributed by atoms with van der Waals surface area (Å²) in [5.41, 5.74) is 0.627. The summed E-state index contributed by atoms with van der Waals surface area (Å²) in [5, 5.41) is 13.7. The average Bonchev–Trinajstić information content (AvgIpc) is 4.01. The van der Waals surface area contributed by atoms with Crippen LogP contribution in [-0.2, 0) is 24.4 Å². The molecule has 2 aromatic carbocycles. The molecule has 260 valence electrons. The second-order valence-electron chi connectivity index (χ2n) is 13.6. The van der Waals surface area contributed by atoms with Crippen LogP contribution in [0.5, 0.6) is 11.5 Å². The maximum absolute atomic E-state index is 14.0. The molecule has 3 N–H and O–H groups in total. The number of aliphatic hydroxyl groups is 1. The van der Waals surface area contributed by atoms with Crippen LogP contribution in [0.25, 0.3) is 22.2 Å². The van der Waals surface area contributed by atoms with Crippen molar-refractivity contribution < 1.29 is 37.4 Å². The molecule has 5 atom stereocenters. The normalized spacial score (nSPS) is 23.9. The van der Waals surface area contributed by atoms with E-state index in [-0.39, 0.29) is 31.7 Å². The number of carbonyl (C=O) groups is 3. The third kappa shape index (κ3) is 7.13. The van der Waals surface area contributed by atoms with E-state index in [1.165, 1.54) is 11.0 Å². The third-order valence-electron chi connectivity index (χ3n) is 9.42. The maximum atomic E-state index is 14.0. The Labute approximate surface area is 285 Å². The number of fused-ring (bicyclic) bond motifs is 1. The first kappa shape index (κ1) is 34.4. The number of rotatable bonds is 13. The van der Waals surface area contributed by atoms with Crippen molar-refractivity contribution in [2.45, 2.75) is 75.0 Å². The molecule has 2 saturated carbocycles. The number of likely N-dealkylation sites (tertiary alicyclic amines) is 1. The Bertz CT molecular complexity index is 1880. The van der Waals surface area contributed by atoms with Crippen LogP contribution >= 0.6 is 0 Å². The molecule has 0 bridgehead atoms. The van der Waals surface area contributed by atoms with Crippen molar-refractivity contribution in [1.82, 2.24) is 19.9 Å². The molecule has 12 nitrogen and oxygen atoms in total. The first-order chi connectivity index (χ1) is 23.3. The summed E-state index contributed by atoms with van der Waals surface area (Å²) in [6.07, 6.45) is 0.845. The van der Waals surface area contributed by atoms with Crippen molar-refractivity contribution >= 4 is 38.6 Å². The van der Waals surface area contributed by atoms with Gasteiger partial charge in [-0.25, -0.2) is 13.4 Å². The van der Waals surface area contributed by atoms with Gasteiger partial charge in [-0.1, -0.05) is 50.3 Å². The number of carbonyl (C=O) groups excluding carboxylic acids is 3. The molecule has 0 radical (unpaired) electrons. The van der Waals surface area contributed by atoms with Gasteiger partial charge >= 0.3 is 0 Å². The largest absolute Gasteiger partial charge is 0.497 e. The number of aromatic nitrogens is 1. The van der Waals surface area contributed by atoms with Crippen LogP contribution in [0.15, 0.2) is 67.3 Å². The van der Waals surface area contributed by atoms with Gasteiger partial charge in [0.15, 0.2) is 0 Å². The standard InChI is InChI=1S/C36H42N4O8S/c1-5-23-19-36(23,35(44)39-49(45,46)26-12-13-26)38-33(42)30-17-25(20-40(30)34(43)31(41)15-21(2)3)48-32-18-28(22-9-7-6-8-10-22)37-29-16-24(47-4)11-14-27(29)32/h5-11,14,16,18,21,23,25-26,30-31,41H,1,12-13,15,17,19-20H2,2-4H3,(H,38,42)(H,39,44)/t23-,25-,30+,31?,36-/m1/s1. The van der Waals surface area contributed by atoms with E-state index in [4.69, 9.17) is 14.5 Å².